The first-order valence-electron chi connectivity index (χ1n) is 5.80. The van der Waals surface area contributed by atoms with Gasteiger partial charge in [0.05, 0.1) is 6.07 Å². The van der Waals surface area contributed by atoms with E-state index in [1.165, 1.54) is 6.33 Å². The van der Waals surface area contributed by atoms with Crippen LogP contribution in [0.1, 0.15) is 18.7 Å². The van der Waals surface area contributed by atoms with E-state index < -0.39 is 5.41 Å². The van der Waals surface area contributed by atoms with Crippen LogP contribution in [-0.2, 0) is 16.0 Å². The number of nitrogens with zero attached hydrogens (tertiary/aromatic N) is 3. The van der Waals surface area contributed by atoms with Crippen LogP contribution < -0.4 is 5.32 Å². The quantitative estimate of drug-likeness (QED) is 0.810. The molecule has 1 aliphatic heterocycles. The highest BCUT2D eigenvalue weighted by Gasteiger charge is 2.40. The van der Waals surface area contributed by atoms with E-state index in [4.69, 9.17) is 9.26 Å². The molecule has 1 aromatic heterocycles. The van der Waals surface area contributed by atoms with Crippen LogP contribution in [0.2, 0.25) is 0 Å². The number of hydrogen-bond acceptors (Lipinski definition) is 6. The summed E-state index contributed by atoms with van der Waals surface area (Å²) in [4.78, 5) is 15.9. The molecule has 2 rings (SSSR count). The fraction of sp³-hybridized carbons (Fsp3) is 0.636. The number of nitriles is 1. The molecule has 1 N–H and O–H groups in total. The van der Waals surface area contributed by atoms with Crippen molar-refractivity contribution in [3.05, 3.63) is 12.2 Å². The molecule has 0 unspecified atom stereocenters. The molecule has 18 heavy (non-hydrogen) atoms. The van der Waals surface area contributed by atoms with Crippen LogP contribution in [0.5, 0.6) is 0 Å². The number of carbonyl (C=O) groups is 1. The summed E-state index contributed by atoms with van der Waals surface area (Å²) in [5.41, 5.74) is -0.951. The average Bonchev–Trinajstić information content (AvgIpc) is 2.92. The van der Waals surface area contributed by atoms with Crippen LogP contribution in [0.4, 0.5) is 0 Å². The summed E-state index contributed by atoms with van der Waals surface area (Å²) in [7, 11) is 0. The molecule has 1 aromatic rings. The van der Waals surface area contributed by atoms with Crippen LogP contribution in [0.3, 0.4) is 0 Å². The lowest BCUT2D eigenvalue weighted by molar-refractivity contribution is -0.132. The van der Waals surface area contributed by atoms with E-state index in [0.717, 1.165) is 0 Å². The van der Waals surface area contributed by atoms with E-state index >= 15 is 0 Å². The van der Waals surface area contributed by atoms with Gasteiger partial charge >= 0.3 is 0 Å². The lowest BCUT2D eigenvalue weighted by Gasteiger charge is -2.29. The maximum Gasteiger partial charge on any atom is 0.240 e. The molecule has 1 saturated heterocycles. The van der Waals surface area contributed by atoms with Gasteiger partial charge in [-0.15, -0.1) is 0 Å². The number of hydrogen-bond donors (Lipinski definition) is 1. The van der Waals surface area contributed by atoms with E-state index in [1.54, 1.807) is 0 Å². The highest BCUT2D eigenvalue weighted by Crippen LogP contribution is 2.29. The van der Waals surface area contributed by atoms with Gasteiger partial charge in [0, 0.05) is 26.2 Å². The molecule has 1 aliphatic rings. The Morgan fingerprint density at radius 1 is 1.56 bits per heavy atom. The molecular formula is C11H14N4O3. The van der Waals surface area contributed by atoms with E-state index in [0.29, 0.717) is 44.9 Å². The van der Waals surface area contributed by atoms with E-state index in [2.05, 4.69) is 21.5 Å². The van der Waals surface area contributed by atoms with Gasteiger partial charge in [-0.3, -0.25) is 4.79 Å². The maximum absolute atomic E-state index is 12.0. The lowest BCUT2D eigenvalue weighted by atomic mass is 9.81. The third kappa shape index (κ3) is 2.65. The van der Waals surface area contributed by atoms with Crippen molar-refractivity contribution in [2.75, 3.05) is 19.8 Å². The molecular weight excluding hydrogens is 236 g/mol. The second-order valence-electron chi connectivity index (χ2n) is 4.15. The molecule has 0 spiro atoms. The Labute approximate surface area is 104 Å². The Morgan fingerprint density at radius 3 is 2.94 bits per heavy atom. The van der Waals surface area contributed by atoms with Gasteiger partial charge in [0.2, 0.25) is 11.8 Å². The van der Waals surface area contributed by atoms with Gasteiger partial charge in [0.1, 0.15) is 5.41 Å². The molecule has 0 bridgehead atoms. The number of rotatable bonds is 4. The van der Waals surface area contributed by atoms with Gasteiger partial charge in [-0.25, -0.2) is 0 Å². The number of nitrogens with one attached hydrogen (secondary N) is 1. The van der Waals surface area contributed by atoms with Crippen LogP contribution >= 0.6 is 0 Å². The highest BCUT2D eigenvalue weighted by molar-refractivity contribution is 5.85. The van der Waals surface area contributed by atoms with Gasteiger partial charge in [-0.05, 0) is 12.8 Å². The molecule has 0 atom stereocenters. The zero-order valence-electron chi connectivity index (χ0n) is 9.89. The minimum absolute atomic E-state index is 0.243. The van der Waals surface area contributed by atoms with Gasteiger partial charge in [0.25, 0.3) is 0 Å². The Hall–Kier alpha value is -1.94. The largest absolute Gasteiger partial charge is 0.381 e. The maximum atomic E-state index is 12.0. The SMILES string of the molecule is N#CC1(C(=O)NCCc2ncno2)CCOCC1. The second kappa shape index (κ2) is 5.60. The fourth-order valence-electron chi connectivity index (χ4n) is 1.87. The molecule has 7 nitrogen and oxygen atoms in total. The summed E-state index contributed by atoms with van der Waals surface area (Å²) in [6, 6.07) is 2.12. The van der Waals surface area contributed by atoms with Crippen LogP contribution in [0, 0.1) is 16.7 Å². The van der Waals surface area contributed by atoms with E-state index in [-0.39, 0.29) is 5.91 Å². The second-order valence-corrected chi connectivity index (χ2v) is 4.15. The van der Waals surface area contributed by atoms with Crippen molar-refractivity contribution in [3.8, 4) is 6.07 Å². The summed E-state index contributed by atoms with van der Waals surface area (Å²) in [5, 5.41) is 15.4. The normalized spacial score (nSPS) is 17.9. The molecule has 0 radical (unpaired) electrons. The van der Waals surface area contributed by atoms with E-state index in [9.17, 15) is 10.1 Å². The number of amides is 1. The predicted octanol–water partition coefficient (Wildman–Crippen LogP) is 0.0487. The molecule has 7 heteroatoms. The summed E-state index contributed by atoms with van der Waals surface area (Å²) < 4.78 is 9.99. The van der Waals surface area contributed by atoms with E-state index in [1.807, 2.05) is 0 Å². The van der Waals surface area contributed by atoms with Crippen molar-refractivity contribution >= 4 is 5.91 Å². The zero-order valence-corrected chi connectivity index (χ0v) is 9.89. The van der Waals surface area contributed by atoms with Crippen molar-refractivity contribution in [1.29, 1.82) is 5.26 Å². The predicted molar refractivity (Wildman–Crippen MR) is 59.1 cm³/mol. The minimum Gasteiger partial charge on any atom is -0.381 e. The van der Waals surface area contributed by atoms with Gasteiger partial charge in [-0.2, -0.15) is 10.2 Å². The van der Waals surface area contributed by atoms with Crippen molar-refractivity contribution in [2.45, 2.75) is 19.3 Å². The van der Waals surface area contributed by atoms with Crippen molar-refractivity contribution in [3.63, 3.8) is 0 Å². The van der Waals surface area contributed by atoms with Crippen molar-refractivity contribution in [1.82, 2.24) is 15.5 Å². The summed E-state index contributed by atoms with van der Waals surface area (Å²) in [5.74, 6) is 0.223. The molecule has 2 heterocycles. The van der Waals surface area contributed by atoms with Gasteiger partial charge < -0.3 is 14.6 Å². The third-order valence-electron chi connectivity index (χ3n) is 3.03. The Morgan fingerprint density at radius 2 is 2.33 bits per heavy atom. The number of carbonyl (C=O) groups excluding carboxylic acids is 1. The molecule has 1 amide bonds. The average molecular weight is 250 g/mol. The topological polar surface area (TPSA) is 101 Å². The minimum atomic E-state index is -0.951. The lowest BCUT2D eigenvalue weighted by Crippen LogP contribution is -2.44. The molecule has 96 valence electrons. The first-order valence-corrected chi connectivity index (χ1v) is 5.80. The summed E-state index contributed by atoms with van der Waals surface area (Å²) in [6.45, 7) is 1.28. The number of aromatic nitrogens is 2. The Bertz CT molecular complexity index is 432. The van der Waals surface area contributed by atoms with Gasteiger partial charge in [-0.1, -0.05) is 5.16 Å². The molecule has 0 aromatic carbocycles. The van der Waals surface area contributed by atoms with Gasteiger partial charge in [0.15, 0.2) is 6.33 Å². The Kier molecular flexibility index (Phi) is 3.89. The van der Waals surface area contributed by atoms with Crippen molar-refractivity contribution < 1.29 is 14.1 Å². The molecule has 0 saturated carbocycles. The first kappa shape index (κ1) is 12.5. The summed E-state index contributed by atoms with van der Waals surface area (Å²) in [6.07, 6.45) is 2.65. The zero-order chi connectivity index (χ0) is 12.8. The first-order chi connectivity index (χ1) is 8.77. The van der Waals surface area contributed by atoms with Crippen molar-refractivity contribution in [2.24, 2.45) is 5.41 Å². The third-order valence-corrected chi connectivity index (χ3v) is 3.03. The fourth-order valence-corrected chi connectivity index (χ4v) is 1.87. The number of ether oxygens (including phenoxy) is 1. The van der Waals surface area contributed by atoms with Crippen LogP contribution in [0.15, 0.2) is 10.9 Å². The summed E-state index contributed by atoms with van der Waals surface area (Å²) >= 11 is 0. The molecule has 1 fully saturated rings. The highest BCUT2D eigenvalue weighted by atomic mass is 16.5. The Balaban J connectivity index is 1.84. The monoisotopic (exact) mass is 250 g/mol. The smallest absolute Gasteiger partial charge is 0.240 e. The van der Waals surface area contributed by atoms with Crippen LogP contribution in [0.25, 0.3) is 0 Å². The van der Waals surface area contributed by atoms with Crippen LogP contribution in [-0.4, -0.2) is 35.8 Å². The standard InChI is InChI=1S/C11H14N4O3/c12-7-11(2-5-17-6-3-11)10(16)13-4-1-9-14-8-15-18-9/h8H,1-6H2,(H,13,16). The molecule has 0 aliphatic carbocycles.